The number of hydrogen-bond donors (Lipinski definition) is 2. The summed E-state index contributed by atoms with van der Waals surface area (Å²) in [6.45, 7) is 1.95. The summed E-state index contributed by atoms with van der Waals surface area (Å²) < 4.78 is 7.92. The van der Waals surface area contributed by atoms with Crippen LogP contribution in [0.2, 0.25) is 0 Å². The van der Waals surface area contributed by atoms with Crippen molar-refractivity contribution in [1.29, 1.82) is 0 Å². The molecule has 0 spiro atoms. The Balaban J connectivity index is 2.99. The van der Waals surface area contributed by atoms with E-state index in [9.17, 15) is 0 Å². The maximum absolute atomic E-state index is 5.49. The predicted octanol–water partition coefficient (Wildman–Crippen LogP) is 0.722. The molecule has 5 nitrogen and oxygen atoms in total. The van der Waals surface area contributed by atoms with E-state index in [-0.39, 0.29) is 12.1 Å². The SMILES string of the molecule is COC(C)C(NN)c1c(Br)cnn1C. The predicted molar refractivity (Wildman–Crippen MR) is 57.4 cm³/mol. The molecule has 0 radical (unpaired) electrons. The number of ether oxygens (including phenoxy) is 1. The van der Waals surface area contributed by atoms with Crippen LogP contribution in [0.3, 0.4) is 0 Å². The molecule has 0 amide bonds. The molecule has 14 heavy (non-hydrogen) atoms. The van der Waals surface area contributed by atoms with Crippen molar-refractivity contribution in [3.8, 4) is 0 Å². The van der Waals surface area contributed by atoms with Crippen LogP contribution in [0.1, 0.15) is 18.7 Å². The third-order valence-corrected chi connectivity index (χ3v) is 2.86. The van der Waals surface area contributed by atoms with Crippen LogP contribution in [0.15, 0.2) is 10.7 Å². The molecule has 2 unspecified atom stereocenters. The second-order valence-electron chi connectivity index (χ2n) is 3.09. The molecular formula is C8H15BrN4O. The molecule has 0 aliphatic carbocycles. The average Bonchev–Trinajstić information content (AvgIpc) is 2.50. The maximum atomic E-state index is 5.49. The largest absolute Gasteiger partial charge is 0.380 e. The van der Waals surface area contributed by atoms with Crippen LogP contribution in [0.4, 0.5) is 0 Å². The number of aromatic nitrogens is 2. The topological polar surface area (TPSA) is 65.1 Å². The summed E-state index contributed by atoms with van der Waals surface area (Å²) in [6.07, 6.45) is 1.72. The summed E-state index contributed by atoms with van der Waals surface area (Å²) in [5.41, 5.74) is 3.69. The Bertz CT molecular complexity index is 282. The van der Waals surface area contributed by atoms with Crippen LogP contribution in [0.5, 0.6) is 0 Å². The summed E-state index contributed by atoms with van der Waals surface area (Å²) >= 11 is 3.42. The van der Waals surface area contributed by atoms with E-state index in [2.05, 4.69) is 26.5 Å². The number of nitrogens with two attached hydrogens (primary N) is 1. The summed E-state index contributed by atoms with van der Waals surface area (Å²) in [4.78, 5) is 0. The zero-order valence-electron chi connectivity index (χ0n) is 8.49. The number of nitrogens with one attached hydrogen (secondary N) is 1. The van der Waals surface area contributed by atoms with Gasteiger partial charge in [-0.3, -0.25) is 10.5 Å². The number of hydrazine groups is 1. The first-order valence-corrected chi connectivity index (χ1v) is 5.07. The highest BCUT2D eigenvalue weighted by Crippen LogP contribution is 2.25. The first-order valence-electron chi connectivity index (χ1n) is 4.28. The Hall–Kier alpha value is -0.430. The van der Waals surface area contributed by atoms with Gasteiger partial charge in [0.25, 0.3) is 0 Å². The van der Waals surface area contributed by atoms with Crippen molar-refractivity contribution in [2.45, 2.75) is 19.1 Å². The molecule has 1 rings (SSSR count). The maximum Gasteiger partial charge on any atom is 0.0898 e. The van der Waals surface area contributed by atoms with E-state index < -0.39 is 0 Å². The second-order valence-corrected chi connectivity index (χ2v) is 3.94. The van der Waals surface area contributed by atoms with Gasteiger partial charge in [-0.2, -0.15) is 5.10 Å². The molecule has 0 fully saturated rings. The van der Waals surface area contributed by atoms with Gasteiger partial charge in [-0.15, -0.1) is 0 Å². The zero-order valence-corrected chi connectivity index (χ0v) is 10.1. The molecule has 1 aromatic rings. The minimum absolute atomic E-state index is 0.0216. The van der Waals surface area contributed by atoms with Crippen molar-refractivity contribution in [3.63, 3.8) is 0 Å². The highest BCUT2D eigenvalue weighted by molar-refractivity contribution is 9.10. The van der Waals surface area contributed by atoms with E-state index >= 15 is 0 Å². The molecular weight excluding hydrogens is 248 g/mol. The van der Waals surface area contributed by atoms with E-state index in [4.69, 9.17) is 10.6 Å². The Morgan fingerprint density at radius 3 is 2.71 bits per heavy atom. The molecule has 0 aliphatic rings. The van der Waals surface area contributed by atoms with Crippen molar-refractivity contribution >= 4 is 15.9 Å². The molecule has 1 heterocycles. The Morgan fingerprint density at radius 1 is 1.71 bits per heavy atom. The minimum atomic E-state index is -0.0816. The van der Waals surface area contributed by atoms with Crippen LogP contribution < -0.4 is 11.3 Å². The first kappa shape index (κ1) is 11.6. The standard InChI is InChI=1S/C8H15BrN4O/c1-5(14-3)7(12-10)8-6(9)4-11-13(8)2/h4-5,7,12H,10H2,1-3H3. The van der Waals surface area contributed by atoms with Crippen molar-refractivity contribution in [3.05, 3.63) is 16.4 Å². The van der Waals surface area contributed by atoms with Gasteiger partial charge in [-0.25, -0.2) is 5.43 Å². The smallest absolute Gasteiger partial charge is 0.0898 e. The Morgan fingerprint density at radius 2 is 2.36 bits per heavy atom. The number of nitrogens with zero attached hydrogens (tertiary/aromatic N) is 2. The van der Waals surface area contributed by atoms with Gasteiger partial charge < -0.3 is 4.74 Å². The molecule has 2 atom stereocenters. The molecule has 0 bridgehead atoms. The quantitative estimate of drug-likeness (QED) is 0.620. The lowest BCUT2D eigenvalue weighted by molar-refractivity contribution is 0.0801. The second kappa shape index (κ2) is 4.88. The van der Waals surface area contributed by atoms with Gasteiger partial charge in [0, 0.05) is 14.2 Å². The number of aryl methyl sites for hydroxylation is 1. The van der Waals surface area contributed by atoms with Crippen molar-refractivity contribution < 1.29 is 4.74 Å². The lowest BCUT2D eigenvalue weighted by Crippen LogP contribution is -2.37. The summed E-state index contributed by atoms with van der Waals surface area (Å²) in [5, 5.41) is 4.12. The molecule has 0 saturated heterocycles. The van der Waals surface area contributed by atoms with Crippen molar-refractivity contribution in [2.24, 2.45) is 12.9 Å². The fourth-order valence-electron chi connectivity index (χ4n) is 1.34. The molecule has 0 aliphatic heterocycles. The Labute approximate surface area is 91.7 Å². The molecule has 0 saturated carbocycles. The third-order valence-electron chi connectivity index (χ3n) is 2.25. The van der Waals surface area contributed by atoms with E-state index in [0.29, 0.717) is 0 Å². The summed E-state index contributed by atoms with van der Waals surface area (Å²) in [5.74, 6) is 5.49. The van der Waals surface area contributed by atoms with E-state index in [1.165, 1.54) is 0 Å². The van der Waals surface area contributed by atoms with Gasteiger partial charge in [0.2, 0.25) is 0 Å². The summed E-state index contributed by atoms with van der Waals surface area (Å²) in [7, 11) is 3.52. The average molecular weight is 263 g/mol. The normalized spacial score (nSPS) is 15.5. The van der Waals surface area contributed by atoms with Crippen LogP contribution in [0, 0.1) is 0 Å². The van der Waals surface area contributed by atoms with Gasteiger partial charge in [-0.05, 0) is 22.9 Å². The van der Waals surface area contributed by atoms with Crippen LogP contribution in [-0.2, 0) is 11.8 Å². The van der Waals surface area contributed by atoms with Gasteiger partial charge in [0.05, 0.1) is 28.5 Å². The lowest BCUT2D eigenvalue weighted by atomic mass is 10.1. The van der Waals surface area contributed by atoms with Gasteiger partial charge in [-0.1, -0.05) is 0 Å². The molecule has 80 valence electrons. The van der Waals surface area contributed by atoms with Crippen LogP contribution in [-0.4, -0.2) is 23.0 Å². The van der Waals surface area contributed by atoms with E-state index in [1.54, 1.807) is 18.0 Å². The van der Waals surface area contributed by atoms with E-state index in [0.717, 1.165) is 10.2 Å². The first-order chi connectivity index (χ1) is 6.61. The molecule has 0 aromatic carbocycles. The highest BCUT2D eigenvalue weighted by Gasteiger charge is 2.23. The monoisotopic (exact) mass is 262 g/mol. The number of methoxy groups -OCH3 is 1. The van der Waals surface area contributed by atoms with Crippen LogP contribution in [0.25, 0.3) is 0 Å². The fraction of sp³-hybridized carbons (Fsp3) is 0.625. The highest BCUT2D eigenvalue weighted by atomic mass is 79.9. The van der Waals surface area contributed by atoms with Gasteiger partial charge in [0.15, 0.2) is 0 Å². The number of rotatable bonds is 4. The van der Waals surface area contributed by atoms with Crippen LogP contribution >= 0.6 is 15.9 Å². The van der Waals surface area contributed by atoms with E-state index in [1.807, 2.05) is 14.0 Å². The molecule has 1 aromatic heterocycles. The minimum Gasteiger partial charge on any atom is -0.380 e. The summed E-state index contributed by atoms with van der Waals surface area (Å²) in [6, 6.07) is -0.0816. The number of hydrogen-bond acceptors (Lipinski definition) is 4. The fourth-order valence-corrected chi connectivity index (χ4v) is 1.94. The van der Waals surface area contributed by atoms with Gasteiger partial charge >= 0.3 is 0 Å². The van der Waals surface area contributed by atoms with Gasteiger partial charge in [0.1, 0.15) is 0 Å². The molecule has 3 N–H and O–H groups in total. The van der Waals surface area contributed by atoms with Crippen molar-refractivity contribution in [1.82, 2.24) is 15.2 Å². The third kappa shape index (κ3) is 2.14. The molecule has 6 heteroatoms. The van der Waals surface area contributed by atoms with Crippen molar-refractivity contribution in [2.75, 3.05) is 7.11 Å². The lowest BCUT2D eigenvalue weighted by Gasteiger charge is -2.22. The zero-order chi connectivity index (χ0) is 10.7. The number of halogens is 1. The Kier molecular flexibility index (Phi) is 4.06.